The van der Waals surface area contributed by atoms with Crippen LogP contribution in [0.4, 0.5) is 23.4 Å². The van der Waals surface area contributed by atoms with Gasteiger partial charge in [0.25, 0.3) is 5.91 Å². The molecule has 1 saturated heterocycles. The highest BCUT2D eigenvalue weighted by Crippen LogP contribution is 2.39. The maximum atomic E-state index is 13.8. The number of carbonyl (C=O) groups excluding carboxylic acids is 1. The molecule has 198 valence electrons. The number of hydrogen-bond donors (Lipinski definition) is 1. The van der Waals surface area contributed by atoms with Crippen LogP contribution in [0.2, 0.25) is 0 Å². The molecule has 4 aromatic rings. The summed E-state index contributed by atoms with van der Waals surface area (Å²) in [6, 6.07) is 8.75. The number of halogens is 4. The highest BCUT2D eigenvalue weighted by atomic mass is 19.4. The number of nitrogen functional groups attached to an aromatic ring is 1. The molecule has 1 aliphatic rings. The summed E-state index contributed by atoms with van der Waals surface area (Å²) in [6.07, 6.45) is -0.0665. The van der Waals surface area contributed by atoms with Crippen LogP contribution < -0.4 is 10.5 Å². The number of benzene rings is 1. The summed E-state index contributed by atoms with van der Waals surface area (Å²) in [4.78, 5) is 23.2. The van der Waals surface area contributed by atoms with E-state index in [0.717, 1.165) is 35.3 Å². The summed E-state index contributed by atoms with van der Waals surface area (Å²) in [5.41, 5.74) is 5.62. The van der Waals surface area contributed by atoms with Gasteiger partial charge in [0.1, 0.15) is 23.2 Å². The average Bonchev–Trinajstić information content (AvgIpc) is 3.30. The zero-order chi connectivity index (χ0) is 27.0. The first-order valence-corrected chi connectivity index (χ1v) is 11.9. The van der Waals surface area contributed by atoms with Gasteiger partial charge >= 0.3 is 6.18 Å². The molecule has 1 fully saturated rings. The van der Waals surface area contributed by atoms with Crippen LogP contribution in [0.5, 0.6) is 5.88 Å². The molecule has 5 rings (SSSR count). The predicted octanol–water partition coefficient (Wildman–Crippen LogP) is 4.63. The second-order valence-electron chi connectivity index (χ2n) is 9.22. The minimum absolute atomic E-state index is 0.0493. The van der Waals surface area contributed by atoms with Crippen molar-refractivity contribution in [1.82, 2.24) is 24.5 Å². The van der Waals surface area contributed by atoms with Gasteiger partial charge in [0.15, 0.2) is 5.82 Å². The number of aromatic nitrogens is 4. The topological polar surface area (TPSA) is 98.6 Å². The SMILES string of the molecule is COc1ncc(-c2cc(C(F)(F)F)c3c(N)ncnn23)cc1C(=O)N1CCC[C@@H](Cc2cccc(F)c2)C1. The van der Waals surface area contributed by atoms with Crippen LogP contribution in [-0.4, -0.2) is 50.6 Å². The smallest absolute Gasteiger partial charge is 0.418 e. The number of fused-ring (bicyclic) bond motifs is 1. The van der Waals surface area contributed by atoms with E-state index in [9.17, 15) is 22.4 Å². The van der Waals surface area contributed by atoms with Crippen LogP contribution in [0, 0.1) is 11.7 Å². The number of hydrogen-bond acceptors (Lipinski definition) is 6. The molecule has 3 aromatic heterocycles. The largest absolute Gasteiger partial charge is 0.480 e. The third kappa shape index (κ3) is 4.85. The lowest BCUT2D eigenvalue weighted by Gasteiger charge is -2.33. The number of ether oxygens (including phenoxy) is 1. The molecule has 0 bridgehead atoms. The Labute approximate surface area is 215 Å². The Morgan fingerprint density at radius 1 is 1.21 bits per heavy atom. The number of nitrogens with zero attached hydrogens (tertiary/aromatic N) is 5. The van der Waals surface area contributed by atoms with Crippen molar-refractivity contribution >= 4 is 17.2 Å². The molecular formula is C26H24F4N6O2. The third-order valence-electron chi connectivity index (χ3n) is 6.68. The molecule has 1 aliphatic heterocycles. The monoisotopic (exact) mass is 528 g/mol. The van der Waals surface area contributed by atoms with Crippen molar-refractivity contribution in [1.29, 1.82) is 0 Å². The van der Waals surface area contributed by atoms with Crippen molar-refractivity contribution in [2.45, 2.75) is 25.4 Å². The lowest BCUT2D eigenvalue weighted by Crippen LogP contribution is -2.40. The van der Waals surface area contributed by atoms with E-state index in [4.69, 9.17) is 10.5 Å². The number of carbonyl (C=O) groups is 1. The number of pyridine rings is 1. The molecule has 38 heavy (non-hydrogen) atoms. The maximum absolute atomic E-state index is 13.8. The van der Waals surface area contributed by atoms with Crippen LogP contribution >= 0.6 is 0 Å². The maximum Gasteiger partial charge on any atom is 0.418 e. The van der Waals surface area contributed by atoms with Crippen molar-refractivity contribution in [3.8, 4) is 17.1 Å². The Balaban J connectivity index is 1.48. The van der Waals surface area contributed by atoms with Crippen molar-refractivity contribution in [3.05, 3.63) is 71.4 Å². The van der Waals surface area contributed by atoms with E-state index >= 15 is 0 Å². The van der Waals surface area contributed by atoms with Crippen molar-refractivity contribution < 1.29 is 27.1 Å². The number of amides is 1. The normalized spacial score (nSPS) is 16.1. The fraction of sp³-hybridized carbons (Fsp3) is 0.308. The quantitative estimate of drug-likeness (QED) is 0.379. The highest BCUT2D eigenvalue weighted by molar-refractivity contribution is 5.97. The molecule has 0 unspecified atom stereocenters. The average molecular weight is 529 g/mol. The van der Waals surface area contributed by atoms with Crippen LogP contribution in [0.25, 0.3) is 16.8 Å². The van der Waals surface area contributed by atoms with E-state index in [0.29, 0.717) is 19.5 Å². The number of piperidine rings is 1. The van der Waals surface area contributed by atoms with Crippen molar-refractivity contribution in [2.75, 3.05) is 25.9 Å². The van der Waals surface area contributed by atoms with Gasteiger partial charge < -0.3 is 15.4 Å². The first kappa shape index (κ1) is 25.4. The van der Waals surface area contributed by atoms with Crippen LogP contribution in [0.1, 0.15) is 34.3 Å². The summed E-state index contributed by atoms with van der Waals surface area (Å²) in [7, 11) is 1.37. The van der Waals surface area contributed by atoms with Gasteiger partial charge in [-0.05, 0) is 55.0 Å². The van der Waals surface area contributed by atoms with Gasteiger partial charge in [0.05, 0.1) is 18.4 Å². The molecule has 4 heterocycles. The summed E-state index contributed by atoms with van der Waals surface area (Å²) in [5, 5.41) is 3.96. The van der Waals surface area contributed by atoms with Crippen LogP contribution in [0.3, 0.4) is 0 Å². The van der Waals surface area contributed by atoms with Crippen molar-refractivity contribution in [2.24, 2.45) is 5.92 Å². The molecule has 2 N–H and O–H groups in total. The summed E-state index contributed by atoms with van der Waals surface area (Å²) in [5.74, 6) is -0.810. The van der Waals surface area contributed by atoms with E-state index in [2.05, 4.69) is 15.1 Å². The Morgan fingerprint density at radius 3 is 2.76 bits per heavy atom. The predicted molar refractivity (Wildman–Crippen MR) is 131 cm³/mol. The Kier molecular flexibility index (Phi) is 6.64. The van der Waals surface area contributed by atoms with E-state index in [1.807, 2.05) is 6.07 Å². The number of anilines is 1. The molecule has 1 amide bonds. The molecule has 1 aromatic carbocycles. The molecule has 0 saturated carbocycles. The Bertz CT molecular complexity index is 1500. The first-order valence-electron chi connectivity index (χ1n) is 11.9. The van der Waals surface area contributed by atoms with Crippen LogP contribution in [-0.2, 0) is 12.6 Å². The van der Waals surface area contributed by atoms with E-state index in [1.165, 1.54) is 31.5 Å². The lowest BCUT2D eigenvalue weighted by molar-refractivity contribution is -0.136. The summed E-state index contributed by atoms with van der Waals surface area (Å²) < 4.78 is 61.3. The van der Waals surface area contributed by atoms with E-state index < -0.39 is 11.7 Å². The summed E-state index contributed by atoms with van der Waals surface area (Å²) >= 11 is 0. The second kappa shape index (κ2) is 9.92. The minimum atomic E-state index is -4.70. The third-order valence-corrected chi connectivity index (χ3v) is 6.68. The molecule has 8 nitrogen and oxygen atoms in total. The molecule has 0 spiro atoms. The first-order chi connectivity index (χ1) is 18.2. The second-order valence-corrected chi connectivity index (χ2v) is 9.22. The van der Waals surface area contributed by atoms with Crippen molar-refractivity contribution in [3.63, 3.8) is 0 Å². The molecule has 0 aliphatic carbocycles. The zero-order valence-corrected chi connectivity index (χ0v) is 20.4. The Hall–Kier alpha value is -4.22. The van der Waals surface area contributed by atoms with Gasteiger partial charge in [-0.1, -0.05) is 12.1 Å². The lowest BCUT2D eigenvalue weighted by atomic mass is 9.91. The van der Waals surface area contributed by atoms with Gasteiger partial charge in [-0.15, -0.1) is 0 Å². The fourth-order valence-electron chi connectivity index (χ4n) is 4.98. The van der Waals surface area contributed by atoms with Gasteiger partial charge in [-0.2, -0.15) is 18.3 Å². The molecule has 12 heteroatoms. The van der Waals surface area contributed by atoms with Gasteiger partial charge in [-0.25, -0.2) is 18.9 Å². The van der Waals surface area contributed by atoms with E-state index in [-0.39, 0.29) is 51.7 Å². The number of nitrogens with two attached hydrogens (primary N) is 1. The standard InChI is InChI=1S/C26H24F4N6O2/c1-38-24-19(25(37)35-7-3-5-16(13-35)8-15-4-2-6-18(27)9-15)10-17(12-32-24)21-11-20(26(28,29)30)22-23(31)33-14-34-36(21)22/h2,4,6,9-12,14,16H,3,5,7-8,13H2,1H3,(H2,31,33,34)/t16-/m0/s1. The zero-order valence-electron chi connectivity index (χ0n) is 20.4. The molecular weight excluding hydrogens is 504 g/mol. The molecule has 1 atom stereocenters. The number of methoxy groups -OCH3 is 1. The minimum Gasteiger partial charge on any atom is -0.480 e. The van der Waals surface area contributed by atoms with Gasteiger partial charge in [-0.3, -0.25) is 4.79 Å². The van der Waals surface area contributed by atoms with Gasteiger partial charge in [0, 0.05) is 24.8 Å². The number of alkyl halides is 3. The Morgan fingerprint density at radius 2 is 2.03 bits per heavy atom. The molecule has 0 radical (unpaired) electrons. The fourth-order valence-corrected chi connectivity index (χ4v) is 4.98. The van der Waals surface area contributed by atoms with Gasteiger partial charge in [0.2, 0.25) is 5.88 Å². The number of rotatable bonds is 5. The summed E-state index contributed by atoms with van der Waals surface area (Å²) in [6.45, 7) is 0.945. The highest BCUT2D eigenvalue weighted by Gasteiger charge is 2.37. The number of likely N-dealkylation sites (tertiary alicyclic amines) is 1. The van der Waals surface area contributed by atoms with E-state index in [1.54, 1.807) is 11.0 Å². The van der Waals surface area contributed by atoms with Crippen LogP contribution in [0.15, 0.2) is 48.9 Å².